The van der Waals surface area contributed by atoms with E-state index in [4.69, 9.17) is 4.74 Å². The maximum Gasteiger partial charge on any atom is 0.350 e. The molecule has 0 aliphatic rings. The van der Waals surface area contributed by atoms with Crippen LogP contribution in [0.1, 0.15) is 59.9 Å². The maximum absolute atomic E-state index is 12.2. The standard InChI is InChI=1S/C15H21F2NO2S/c1-4-5-6-7-12-18-11(3)13(21-12)15(19)20-9-8-10(2)14(16)17/h4-9H2,1-3H3. The molecule has 1 heterocycles. The highest BCUT2D eigenvalue weighted by Gasteiger charge is 2.16. The molecule has 0 spiro atoms. The Labute approximate surface area is 128 Å². The number of ether oxygens (including phenoxy) is 1. The summed E-state index contributed by atoms with van der Waals surface area (Å²) in [5, 5.41) is 0.929. The van der Waals surface area contributed by atoms with E-state index in [1.165, 1.54) is 18.3 Å². The summed E-state index contributed by atoms with van der Waals surface area (Å²) < 4.78 is 29.5. The zero-order valence-electron chi connectivity index (χ0n) is 12.7. The second kappa shape index (κ2) is 8.87. The number of rotatable bonds is 8. The van der Waals surface area contributed by atoms with Crippen LogP contribution in [0.4, 0.5) is 8.78 Å². The van der Waals surface area contributed by atoms with Gasteiger partial charge < -0.3 is 4.74 Å². The Bertz CT molecular complexity index is 508. The minimum Gasteiger partial charge on any atom is -0.461 e. The summed E-state index contributed by atoms with van der Waals surface area (Å²) in [7, 11) is 0. The van der Waals surface area contributed by atoms with Crippen LogP contribution in [-0.4, -0.2) is 17.6 Å². The average molecular weight is 317 g/mol. The number of hydrogen-bond acceptors (Lipinski definition) is 4. The van der Waals surface area contributed by atoms with E-state index in [2.05, 4.69) is 11.9 Å². The lowest BCUT2D eigenvalue weighted by Crippen LogP contribution is -2.06. The van der Waals surface area contributed by atoms with Gasteiger partial charge in [-0.1, -0.05) is 19.8 Å². The van der Waals surface area contributed by atoms with E-state index in [9.17, 15) is 13.6 Å². The lowest BCUT2D eigenvalue weighted by molar-refractivity contribution is 0.0512. The van der Waals surface area contributed by atoms with Crippen molar-refractivity contribution in [3.8, 4) is 0 Å². The molecule has 3 nitrogen and oxygen atoms in total. The average Bonchev–Trinajstić information content (AvgIpc) is 2.80. The van der Waals surface area contributed by atoms with Crippen molar-refractivity contribution in [3.63, 3.8) is 0 Å². The lowest BCUT2D eigenvalue weighted by Gasteiger charge is -2.03. The van der Waals surface area contributed by atoms with Crippen LogP contribution in [-0.2, 0) is 11.2 Å². The number of carbonyl (C=O) groups is 1. The molecule has 0 aromatic carbocycles. The maximum atomic E-state index is 12.2. The third-order valence-electron chi connectivity index (χ3n) is 3.05. The molecular weight excluding hydrogens is 296 g/mol. The number of thiazole rings is 1. The molecule has 0 fully saturated rings. The number of hydrogen-bond donors (Lipinski definition) is 0. The predicted molar refractivity (Wildman–Crippen MR) is 79.9 cm³/mol. The van der Waals surface area contributed by atoms with Crippen LogP contribution in [0.3, 0.4) is 0 Å². The summed E-state index contributed by atoms with van der Waals surface area (Å²) in [6, 6.07) is 0. The summed E-state index contributed by atoms with van der Waals surface area (Å²) in [6.45, 7) is 5.19. The molecule has 1 rings (SSSR count). The van der Waals surface area contributed by atoms with Crippen LogP contribution in [0.2, 0.25) is 0 Å². The van der Waals surface area contributed by atoms with Gasteiger partial charge in [0.1, 0.15) is 4.88 Å². The van der Waals surface area contributed by atoms with Crippen LogP contribution in [0.15, 0.2) is 11.7 Å². The first-order valence-corrected chi connectivity index (χ1v) is 7.91. The van der Waals surface area contributed by atoms with Gasteiger partial charge in [-0.3, -0.25) is 0 Å². The molecule has 0 saturated carbocycles. The van der Waals surface area contributed by atoms with Gasteiger partial charge in [-0.05, 0) is 32.3 Å². The number of aromatic nitrogens is 1. The van der Waals surface area contributed by atoms with E-state index >= 15 is 0 Å². The lowest BCUT2D eigenvalue weighted by atomic mass is 10.2. The van der Waals surface area contributed by atoms with E-state index in [0.29, 0.717) is 10.6 Å². The van der Waals surface area contributed by atoms with Crippen molar-refractivity contribution >= 4 is 17.3 Å². The van der Waals surface area contributed by atoms with Crippen molar-refractivity contribution in [1.82, 2.24) is 4.98 Å². The smallest absolute Gasteiger partial charge is 0.350 e. The molecule has 6 heteroatoms. The Morgan fingerprint density at radius 1 is 1.33 bits per heavy atom. The van der Waals surface area contributed by atoms with Gasteiger partial charge in [0.15, 0.2) is 0 Å². The van der Waals surface area contributed by atoms with Gasteiger partial charge in [-0.2, -0.15) is 8.78 Å². The van der Waals surface area contributed by atoms with E-state index in [1.807, 2.05) is 0 Å². The van der Waals surface area contributed by atoms with Crippen molar-refractivity contribution < 1.29 is 18.3 Å². The fourth-order valence-corrected chi connectivity index (χ4v) is 2.73. The van der Waals surface area contributed by atoms with Crippen LogP contribution >= 0.6 is 11.3 Å². The molecule has 1 aromatic rings. The topological polar surface area (TPSA) is 39.2 Å². The van der Waals surface area contributed by atoms with Crippen molar-refractivity contribution in [2.24, 2.45) is 0 Å². The quantitative estimate of drug-likeness (QED) is 0.505. The number of halogens is 2. The Balaban J connectivity index is 2.52. The van der Waals surface area contributed by atoms with Gasteiger partial charge in [0.2, 0.25) is 0 Å². The fourth-order valence-electron chi connectivity index (χ4n) is 1.73. The number of aryl methyl sites for hydroxylation is 2. The Hall–Kier alpha value is -1.30. The Morgan fingerprint density at radius 2 is 2.05 bits per heavy atom. The molecule has 0 bridgehead atoms. The first-order valence-electron chi connectivity index (χ1n) is 7.09. The Morgan fingerprint density at radius 3 is 2.67 bits per heavy atom. The molecule has 118 valence electrons. The van der Waals surface area contributed by atoms with Crippen LogP contribution in [0.5, 0.6) is 0 Å². The summed E-state index contributed by atoms with van der Waals surface area (Å²) in [4.78, 5) is 16.7. The van der Waals surface area contributed by atoms with E-state index in [-0.39, 0.29) is 18.6 Å². The fraction of sp³-hybridized carbons (Fsp3) is 0.600. The number of nitrogens with zero attached hydrogens (tertiary/aromatic N) is 1. The summed E-state index contributed by atoms with van der Waals surface area (Å²) in [5.74, 6) is -0.473. The third-order valence-corrected chi connectivity index (χ3v) is 4.25. The minimum absolute atomic E-state index is 0.0372. The molecule has 21 heavy (non-hydrogen) atoms. The molecule has 0 N–H and O–H groups in total. The molecule has 0 aliphatic heterocycles. The van der Waals surface area contributed by atoms with Crippen LogP contribution < -0.4 is 0 Å². The number of carbonyl (C=O) groups excluding carboxylic acids is 1. The first kappa shape index (κ1) is 17.8. The van der Waals surface area contributed by atoms with Crippen molar-refractivity contribution in [1.29, 1.82) is 0 Å². The highest BCUT2D eigenvalue weighted by molar-refractivity contribution is 7.13. The Kier molecular flexibility index (Phi) is 7.50. The first-order chi connectivity index (χ1) is 9.95. The van der Waals surface area contributed by atoms with Gasteiger partial charge in [0, 0.05) is 6.42 Å². The predicted octanol–water partition coefficient (Wildman–Crippen LogP) is 4.90. The van der Waals surface area contributed by atoms with Crippen molar-refractivity contribution in [3.05, 3.63) is 27.2 Å². The molecule has 0 unspecified atom stereocenters. The van der Waals surface area contributed by atoms with E-state index < -0.39 is 12.0 Å². The second-order valence-corrected chi connectivity index (χ2v) is 5.99. The van der Waals surface area contributed by atoms with E-state index in [0.717, 1.165) is 30.7 Å². The van der Waals surface area contributed by atoms with Gasteiger partial charge >= 0.3 is 5.97 Å². The molecule has 0 atom stereocenters. The van der Waals surface area contributed by atoms with Crippen LogP contribution in [0, 0.1) is 6.92 Å². The summed E-state index contributed by atoms with van der Waals surface area (Å²) >= 11 is 1.34. The molecule has 1 aromatic heterocycles. The molecule has 0 radical (unpaired) electrons. The monoisotopic (exact) mass is 317 g/mol. The SMILES string of the molecule is CCCCCc1nc(C)c(C(=O)OCCC(C)=C(F)F)s1. The highest BCUT2D eigenvalue weighted by Crippen LogP contribution is 2.21. The zero-order chi connectivity index (χ0) is 15.8. The van der Waals surface area contributed by atoms with Crippen molar-refractivity contribution in [2.75, 3.05) is 6.61 Å². The molecule has 0 aliphatic carbocycles. The zero-order valence-corrected chi connectivity index (χ0v) is 13.5. The summed E-state index contributed by atoms with van der Waals surface area (Å²) in [6.07, 6.45) is 2.53. The van der Waals surface area contributed by atoms with Gasteiger partial charge in [-0.25, -0.2) is 9.78 Å². The van der Waals surface area contributed by atoms with E-state index in [1.54, 1.807) is 6.92 Å². The van der Waals surface area contributed by atoms with Gasteiger partial charge in [0.05, 0.1) is 17.3 Å². The largest absolute Gasteiger partial charge is 0.461 e. The van der Waals surface area contributed by atoms with Gasteiger partial charge in [-0.15, -0.1) is 11.3 Å². The minimum atomic E-state index is -1.71. The van der Waals surface area contributed by atoms with Crippen molar-refractivity contribution in [2.45, 2.75) is 52.9 Å². The number of esters is 1. The molecular formula is C15H21F2NO2S. The molecule has 0 amide bonds. The second-order valence-electron chi connectivity index (χ2n) is 4.91. The van der Waals surface area contributed by atoms with Crippen LogP contribution in [0.25, 0.3) is 0 Å². The normalized spacial score (nSPS) is 10.5. The molecule has 0 saturated heterocycles. The third kappa shape index (κ3) is 5.91. The number of unbranched alkanes of at least 4 members (excludes halogenated alkanes) is 2. The van der Waals surface area contributed by atoms with Gasteiger partial charge in [0.25, 0.3) is 6.08 Å². The highest BCUT2D eigenvalue weighted by atomic mass is 32.1. The summed E-state index contributed by atoms with van der Waals surface area (Å²) in [5.41, 5.74) is 0.601.